The van der Waals surface area contributed by atoms with Crippen molar-refractivity contribution in [2.45, 2.75) is 29.9 Å². The van der Waals surface area contributed by atoms with Gasteiger partial charge >= 0.3 is 0 Å². The molecule has 2 aromatic heterocycles. The molecule has 0 bridgehead atoms. The number of fused-ring (bicyclic) bond motifs is 2. The van der Waals surface area contributed by atoms with E-state index in [1.807, 2.05) is 17.8 Å². The highest BCUT2D eigenvalue weighted by Crippen LogP contribution is 2.37. The molecule has 2 heterocycles. The smallest absolute Gasteiger partial charge is 0.0832 e. The van der Waals surface area contributed by atoms with Crippen molar-refractivity contribution in [3.63, 3.8) is 0 Å². The van der Waals surface area contributed by atoms with Crippen LogP contribution in [0.4, 0.5) is 11.4 Å². The third-order valence-corrected chi connectivity index (χ3v) is 6.49. The average Bonchev–Trinajstić information content (AvgIpc) is 3.09. The molecule has 2 aromatic carbocycles. The van der Waals surface area contributed by atoms with Crippen molar-refractivity contribution in [2.24, 2.45) is 0 Å². The van der Waals surface area contributed by atoms with Crippen LogP contribution in [0.5, 0.6) is 0 Å². The fourth-order valence-corrected chi connectivity index (χ4v) is 4.83. The van der Waals surface area contributed by atoms with Gasteiger partial charge in [-0.2, -0.15) is 0 Å². The Balaban J connectivity index is 1.68. The lowest BCUT2D eigenvalue weighted by molar-refractivity contribution is 0.275. The van der Waals surface area contributed by atoms with Crippen molar-refractivity contribution in [1.82, 2.24) is 9.97 Å². The Morgan fingerprint density at radius 2 is 1.96 bits per heavy atom. The van der Waals surface area contributed by atoms with E-state index >= 15 is 0 Å². The lowest BCUT2D eigenvalue weighted by atomic mass is 10.1. The molecule has 0 spiro atoms. The number of aliphatic hydroxyl groups is 1. The SMILES string of the molecule is CC(C)(CCO)Sc1ccc2nccc(Nc3ccc4scnc4c3)c2c1. The zero-order valence-electron chi connectivity index (χ0n) is 15.3. The largest absolute Gasteiger partial charge is 0.396 e. The molecule has 0 saturated heterocycles. The van der Waals surface area contributed by atoms with Crippen molar-refractivity contribution in [2.75, 3.05) is 11.9 Å². The van der Waals surface area contributed by atoms with Gasteiger partial charge < -0.3 is 10.4 Å². The van der Waals surface area contributed by atoms with Gasteiger partial charge in [-0.15, -0.1) is 23.1 Å². The van der Waals surface area contributed by atoms with Gasteiger partial charge in [0.05, 0.1) is 21.2 Å². The molecule has 138 valence electrons. The molecule has 0 fully saturated rings. The van der Waals surface area contributed by atoms with Crippen LogP contribution in [-0.2, 0) is 0 Å². The molecule has 4 nitrogen and oxygen atoms in total. The van der Waals surface area contributed by atoms with E-state index in [-0.39, 0.29) is 11.4 Å². The van der Waals surface area contributed by atoms with E-state index in [0.717, 1.165) is 34.2 Å². The van der Waals surface area contributed by atoms with Gasteiger partial charge in [0.2, 0.25) is 0 Å². The van der Waals surface area contributed by atoms with Crippen molar-refractivity contribution in [1.29, 1.82) is 0 Å². The fraction of sp³-hybridized carbons (Fsp3) is 0.238. The molecule has 0 unspecified atom stereocenters. The molecule has 2 N–H and O–H groups in total. The topological polar surface area (TPSA) is 58.0 Å². The predicted molar refractivity (Wildman–Crippen MR) is 116 cm³/mol. The summed E-state index contributed by atoms with van der Waals surface area (Å²) in [5.41, 5.74) is 5.87. The van der Waals surface area contributed by atoms with E-state index < -0.39 is 0 Å². The highest BCUT2D eigenvalue weighted by molar-refractivity contribution is 8.00. The first-order valence-electron chi connectivity index (χ1n) is 8.83. The lowest BCUT2D eigenvalue weighted by Crippen LogP contribution is -2.16. The average molecular weight is 396 g/mol. The van der Waals surface area contributed by atoms with Gasteiger partial charge in [0.25, 0.3) is 0 Å². The normalized spacial score (nSPS) is 12.0. The Bertz CT molecular complexity index is 1090. The maximum atomic E-state index is 9.28. The molecule has 4 aromatic rings. The van der Waals surface area contributed by atoms with E-state index in [0.29, 0.717) is 0 Å². The summed E-state index contributed by atoms with van der Waals surface area (Å²) in [7, 11) is 0. The number of rotatable bonds is 6. The number of thiazole rings is 1. The molecular weight excluding hydrogens is 374 g/mol. The number of thioether (sulfide) groups is 1. The van der Waals surface area contributed by atoms with E-state index in [9.17, 15) is 5.11 Å². The van der Waals surface area contributed by atoms with Gasteiger partial charge in [0.15, 0.2) is 0 Å². The maximum Gasteiger partial charge on any atom is 0.0832 e. The van der Waals surface area contributed by atoms with E-state index in [4.69, 9.17) is 0 Å². The number of aromatic nitrogens is 2. The summed E-state index contributed by atoms with van der Waals surface area (Å²) in [6, 6.07) is 14.6. The second-order valence-electron chi connectivity index (χ2n) is 7.03. The summed E-state index contributed by atoms with van der Waals surface area (Å²) in [6.07, 6.45) is 2.58. The minimum Gasteiger partial charge on any atom is -0.396 e. The quantitative estimate of drug-likeness (QED) is 0.402. The Kier molecular flexibility index (Phi) is 5.04. The molecule has 6 heteroatoms. The summed E-state index contributed by atoms with van der Waals surface area (Å²) in [4.78, 5) is 10.1. The lowest BCUT2D eigenvalue weighted by Gasteiger charge is -2.23. The van der Waals surface area contributed by atoms with Crippen LogP contribution in [0.3, 0.4) is 0 Å². The number of hydrogen-bond donors (Lipinski definition) is 2. The van der Waals surface area contributed by atoms with Crippen molar-refractivity contribution in [3.8, 4) is 0 Å². The Morgan fingerprint density at radius 1 is 1.07 bits per heavy atom. The molecule has 27 heavy (non-hydrogen) atoms. The Labute approximate surface area is 166 Å². The number of pyridine rings is 1. The minimum absolute atomic E-state index is 0.0200. The maximum absolute atomic E-state index is 9.28. The van der Waals surface area contributed by atoms with Crippen LogP contribution in [0.25, 0.3) is 21.1 Å². The van der Waals surface area contributed by atoms with Crippen molar-refractivity contribution >= 4 is 55.6 Å². The molecule has 0 aliphatic carbocycles. The summed E-state index contributed by atoms with van der Waals surface area (Å²) in [5.74, 6) is 0. The number of benzene rings is 2. The number of anilines is 2. The number of hydrogen-bond acceptors (Lipinski definition) is 6. The molecule has 0 atom stereocenters. The van der Waals surface area contributed by atoms with Crippen LogP contribution in [0.1, 0.15) is 20.3 Å². The van der Waals surface area contributed by atoms with Gasteiger partial charge in [-0.05, 0) is 48.9 Å². The van der Waals surface area contributed by atoms with Crippen molar-refractivity contribution in [3.05, 3.63) is 54.2 Å². The first-order valence-corrected chi connectivity index (χ1v) is 10.5. The third kappa shape index (κ3) is 4.08. The van der Waals surface area contributed by atoms with Crippen LogP contribution in [0.2, 0.25) is 0 Å². The monoisotopic (exact) mass is 395 g/mol. The van der Waals surface area contributed by atoms with Crippen LogP contribution in [-0.4, -0.2) is 26.4 Å². The number of aliphatic hydroxyl groups excluding tert-OH is 1. The molecule has 0 amide bonds. The summed E-state index contributed by atoms with van der Waals surface area (Å²) >= 11 is 3.43. The molecular formula is C21H21N3OS2. The van der Waals surface area contributed by atoms with Crippen molar-refractivity contribution < 1.29 is 5.11 Å². The molecule has 0 aliphatic rings. The van der Waals surface area contributed by atoms with Gasteiger partial charge in [-0.1, -0.05) is 13.8 Å². The van der Waals surface area contributed by atoms with Gasteiger partial charge in [0, 0.05) is 39.2 Å². The van der Waals surface area contributed by atoms with Gasteiger partial charge in [-0.25, -0.2) is 4.98 Å². The Morgan fingerprint density at radius 3 is 2.81 bits per heavy atom. The zero-order chi connectivity index (χ0) is 18.9. The van der Waals surface area contributed by atoms with Crippen LogP contribution < -0.4 is 5.32 Å². The molecule has 0 radical (unpaired) electrons. The van der Waals surface area contributed by atoms with Crippen LogP contribution in [0.15, 0.2) is 59.1 Å². The van der Waals surface area contributed by atoms with Crippen LogP contribution >= 0.6 is 23.1 Å². The standard InChI is InChI=1S/C21H21N3OS2/c1-21(2,8-10-25)27-15-4-5-17-16(12-15)18(7-9-22-17)24-14-3-6-20-19(11-14)23-13-26-20/h3-7,9,11-13,25H,8,10H2,1-2H3,(H,22,24). The fourth-order valence-electron chi connectivity index (χ4n) is 3.03. The van der Waals surface area contributed by atoms with E-state index in [1.165, 1.54) is 9.60 Å². The number of nitrogens with one attached hydrogen (secondary N) is 1. The van der Waals surface area contributed by atoms with Gasteiger partial charge in [0.1, 0.15) is 0 Å². The summed E-state index contributed by atoms with van der Waals surface area (Å²) < 4.78 is 1.17. The predicted octanol–water partition coefficient (Wildman–Crippen LogP) is 5.84. The highest BCUT2D eigenvalue weighted by atomic mass is 32.2. The Hall–Kier alpha value is -2.15. The van der Waals surface area contributed by atoms with E-state index in [2.05, 4.69) is 65.5 Å². The van der Waals surface area contributed by atoms with Gasteiger partial charge in [-0.3, -0.25) is 4.98 Å². The molecule has 4 rings (SSSR count). The highest BCUT2D eigenvalue weighted by Gasteiger charge is 2.19. The minimum atomic E-state index is -0.0200. The third-order valence-electron chi connectivity index (χ3n) is 4.43. The number of nitrogens with zero attached hydrogens (tertiary/aromatic N) is 2. The molecule has 0 aliphatic heterocycles. The van der Waals surface area contributed by atoms with Crippen LogP contribution in [0, 0.1) is 0 Å². The zero-order valence-corrected chi connectivity index (χ0v) is 16.9. The second-order valence-corrected chi connectivity index (χ2v) is 9.70. The molecule has 0 saturated carbocycles. The summed E-state index contributed by atoms with van der Waals surface area (Å²) in [6.45, 7) is 4.51. The summed E-state index contributed by atoms with van der Waals surface area (Å²) in [5, 5.41) is 13.9. The second kappa shape index (κ2) is 7.46. The first kappa shape index (κ1) is 18.2. The first-order chi connectivity index (χ1) is 13.0. The van der Waals surface area contributed by atoms with E-state index in [1.54, 1.807) is 23.1 Å².